The predicted molar refractivity (Wildman–Crippen MR) is 46.6 cm³/mol. The average Bonchev–Trinajstić information content (AvgIpc) is 2.88. The van der Waals surface area contributed by atoms with Crippen molar-refractivity contribution in [3.8, 4) is 6.07 Å². The van der Waals surface area contributed by atoms with E-state index in [1.807, 2.05) is 6.92 Å². The summed E-state index contributed by atoms with van der Waals surface area (Å²) in [6.45, 7) is 3.63. The molecule has 0 N–H and O–H groups in total. The smallest absolute Gasteiger partial charge is 0.115 e. The van der Waals surface area contributed by atoms with E-state index < -0.39 is 0 Å². The Kier molecular flexibility index (Phi) is 1.95. The van der Waals surface area contributed by atoms with Crippen LogP contribution in [0.3, 0.4) is 0 Å². The summed E-state index contributed by atoms with van der Waals surface area (Å²) in [5.74, 6) is 0. The molecule has 0 amide bonds. The molecule has 0 bridgehead atoms. The molecule has 2 rings (SSSR count). The van der Waals surface area contributed by atoms with Crippen molar-refractivity contribution in [1.29, 1.82) is 5.26 Å². The highest BCUT2D eigenvalue weighted by Crippen LogP contribution is 2.19. The quantitative estimate of drug-likeness (QED) is 0.612. The van der Waals surface area contributed by atoms with Gasteiger partial charge in [0, 0.05) is 19.3 Å². The van der Waals surface area contributed by atoms with Gasteiger partial charge in [0.2, 0.25) is 0 Å². The summed E-state index contributed by atoms with van der Waals surface area (Å²) in [6, 6.07) is 2.32. The largest absolute Gasteiger partial charge is 0.278 e. The molecule has 13 heavy (non-hydrogen) atoms. The third kappa shape index (κ3) is 1.65. The second-order valence-electron chi connectivity index (χ2n) is 3.23. The summed E-state index contributed by atoms with van der Waals surface area (Å²) in [5.41, 5.74) is 2.11. The average molecular weight is 174 g/mol. The van der Waals surface area contributed by atoms with Crippen molar-refractivity contribution in [2.24, 2.45) is 0 Å². The first-order valence-electron chi connectivity index (χ1n) is 4.20. The number of nitrogens with zero attached hydrogens (tertiary/aromatic N) is 4. The van der Waals surface area contributed by atoms with Crippen LogP contribution in [-0.2, 0) is 6.54 Å². The van der Waals surface area contributed by atoms with Crippen molar-refractivity contribution in [3.05, 3.63) is 23.8 Å². The molecule has 2 atom stereocenters. The highest BCUT2D eigenvalue weighted by Gasteiger charge is 2.34. The van der Waals surface area contributed by atoms with E-state index in [1.165, 1.54) is 0 Å². The highest BCUT2D eigenvalue weighted by molar-refractivity contribution is 5.16. The maximum atomic E-state index is 8.60. The summed E-state index contributed by atoms with van der Waals surface area (Å²) in [7, 11) is 0. The SMILES string of the molecule is Cc1cncnc1CN1CC1C#N. The van der Waals surface area contributed by atoms with E-state index in [0.29, 0.717) is 0 Å². The van der Waals surface area contributed by atoms with E-state index in [2.05, 4.69) is 20.9 Å². The summed E-state index contributed by atoms with van der Waals surface area (Å²) in [4.78, 5) is 10.2. The molecule has 1 aromatic rings. The van der Waals surface area contributed by atoms with Crippen molar-refractivity contribution >= 4 is 0 Å². The zero-order chi connectivity index (χ0) is 9.26. The van der Waals surface area contributed by atoms with Gasteiger partial charge < -0.3 is 0 Å². The van der Waals surface area contributed by atoms with Crippen LogP contribution in [0.4, 0.5) is 0 Å². The van der Waals surface area contributed by atoms with Gasteiger partial charge >= 0.3 is 0 Å². The molecule has 1 fully saturated rings. The van der Waals surface area contributed by atoms with Crippen molar-refractivity contribution in [2.45, 2.75) is 19.5 Å². The second kappa shape index (κ2) is 3.11. The van der Waals surface area contributed by atoms with Crippen LogP contribution in [-0.4, -0.2) is 27.5 Å². The van der Waals surface area contributed by atoms with Gasteiger partial charge in [-0.05, 0) is 12.5 Å². The third-order valence-corrected chi connectivity index (χ3v) is 2.22. The minimum Gasteiger partial charge on any atom is -0.278 e. The molecule has 1 saturated heterocycles. The van der Waals surface area contributed by atoms with Crippen LogP contribution in [0.25, 0.3) is 0 Å². The first kappa shape index (κ1) is 8.14. The topological polar surface area (TPSA) is 52.6 Å². The molecule has 4 heteroatoms. The van der Waals surface area contributed by atoms with Crippen LogP contribution < -0.4 is 0 Å². The zero-order valence-corrected chi connectivity index (χ0v) is 7.44. The van der Waals surface area contributed by atoms with Gasteiger partial charge in [-0.3, -0.25) is 4.90 Å². The van der Waals surface area contributed by atoms with Crippen LogP contribution in [0, 0.1) is 18.3 Å². The van der Waals surface area contributed by atoms with Crippen molar-refractivity contribution in [1.82, 2.24) is 14.9 Å². The fourth-order valence-corrected chi connectivity index (χ4v) is 1.25. The van der Waals surface area contributed by atoms with Gasteiger partial charge in [0.05, 0.1) is 11.8 Å². The second-order valence-corrected chi connectivity index (χ2v) is 3.23. The molecular weight excluding hydrogens is 164 g/mol. The third-order valence-electron chi connectivity index (χ3n) is 2.22. The van der Waals surface area contributed by atoms with Crippen molar-refractivity contribution in [2.75, 3.05) is 6.54 Å². The summed E-state index contributed by atoms with van der Waals surface area (Å²) in [6.07, 6.45) is 3.35. The van der Waals surface area contributed by atoms with Gasteiger partial charge in [0.1, 0.15) is 12.4 Å². The van der Waals surface area contributed by atoms with E-state index in [0.717, 1.165) is 24.3 Å². The summed E-state index contributed by atoms with van der Waals surface area (Å²) < 4.78 is 0. The number of aryl methyl sites for hydroxylation is 1. The minimum atomic E-state index is 0.106. The van der Waals surface area contributed by atoms with Crippen LogP contribution in [0.1, 0.15) is 11.3 Å². The molecular formula is C9H10N4. The molecule has 2 unspecified atom stereocenters. The first-order chi connectivity index (χ1) is 6.31. The van der Waals surface area contributed by atoms with Gasteiger partial charge in [-0.15, -0.1) is 0 Å². The zero-order valence-electron chi connectivity index (χ0n) is 7.44. The Labute approximate surface area is 76.8 Å². The molecule has 1 aliphatic heterocycles. The number of rotatable bonds is 2. The Bertz CT molecular complexity index is 355. The lowest BCUT2D eigenvalue weighted by Gasteiger charge is -2.02. The van der Waals surface area contributed by atoms with E-state index >= 15 is 0 Å². The van der Waals surface area contributed by atoms with E-state index in [-0.39, 0.29) is 6.04 Å². The fourth-order valence-electron chi connectivity index (χ4n) is 1.25. The molecule has 1 aromatic heterocycles. The number of hydrogen-bond donors (Lipinski definition) is 0. The Morgan fingerprint density at radius 2 is 2.62 bits per heavy atom. The lowest BCUT2D eigenvalue weighted by atomic mass is 10.2. The minimum absolute atomic E-state index is 0.106. The van der Waals surface area contributed by atoms with E-state index in [1.54, 1.807) is 12.5 Å². The lowest BCUT2D eigenvalue weighted by molar-refractivity contribution is 0.519. The highest BCUT2D eigenvalue weighted by atomic mass is 15.3. The van der Waals surface area contributed by atoms with Crippen molar-refractivity contribution in [3.63, 3.8) is 0 Å². The molecule has 66 valence electrons. The van der Waals surface area contributed by atoms with Gasteiger partial charge in [-0.1, -0.05) is 0 Å². The lowest BCUT2D eigenvalue weighted by Crippen LogP contribution is -2.04. The molecule has 1 aliphatic rings. The molecule has 0 saturated carbocycles. The number of hydrogen-bond acceptors (Lipinski definition) is 4. The van der Waals surface area contributed by atoms with Crippen LogP contribution in [0.2, 0.25) is 0 Å². The molecule has 0 aliphatic carbocycles. The standard InChI is InChI=1S/C9H10N4/c1-7-3-11-6-12-9(7)5-13-4-8(13)2-10/h3,6,8H,4-5H2,1H3. The first-order valence-corrected chi connectivity index (χ1v) is 4.20. The van der Waals surface area contributed by atoms with Gasteiger partial charge in [0.25, 0.3) is 0 Å². The molecule has 0 spiro atoms. The van der Waals surface area contributed by atoms with E-state index in [9.17, 15) is 0 Å². The number of nitriles is 1. The maximum absolute atomic E-state index is 8.60. The normalized spacial score (nSPS) is 25.2. The summed E-state index contributed by atoms with van der Waals surface area (Å²) in [5, 5.41) is 8.60. The number of aromatic nitrogens is 2. The van der Waals surface area contributed by atoms with Crippen LogP contribution in [0.15, 0.2) is 12.5 Å². The molecule has 4 nitrogen and oxygen atoms in total. The fraction of sp³-hybridized carbons (Fsp3) is 0.444. The Hall–Kier alpha value is -1.47. The van der Waals surface area contributed by atoms with Crippen LogP contribution >= 0.6 is 0 Å². The Morgan fingerprint density at radius 3 is 3.23 bits per heavy atom. The van der Waals surface area contributed by atoms with Crippen molar-refractivity contribution < 1.29 is 0 Å². The summed E-state index contributed by atoms with van der Waals surface area (Å²) >= 11 is 0. The monoisotopic (exact) mass is 174 g/mol. The van der Waals surface area contributed by atoms with Gasteiger partial charge in [-0.25, -0.2) is 9.97 Å². The molecule has 0 radical (unpaired) electrons. The Morgan fingerprint density at radius 1 is 1.77 bits per heavy atom. The van der Waals surface area contributed by atoms with Gasteiger partial charge in [-0.2, -0.15) is 5.26 Å². The molecule has 0 aromatic carbocycles. The Balaban J connectivity index is 2.04. The van der Waals surface area contributed by atoms with Gasteiger partial charge in [0.15, 0.2) is 0 Å². The van der Waals surface area contributed by atoms with Crippen LogP contribution in [0.5, 0.6) is 0 Å². The predicted octanol–water partition coefficient (Wildman–Crippen LogP) is 0.493. The van der Waals surface area contributed by atoms with E-state index in [4.69, 9.17) is 5.26 Å². The molecule has 2 heterocycles. The maximum Gasteiger partial charge on any atom is 0.115 e.